The molecule has 0 aromatic rings. The molecule has 0 aromatic carbocycles. The normalized spacial score (nSPS) is 4.00. The van der Waals surface area contributed by atoms with E-state index in [4.69, 9.17) is 15.0 Å². The Morgan fingerprint density at radius 2 is 1.17 bits per heavy atom. The molecule has 0 rings (SSSR count). The van der Waals surface area contributed by atoms with Gasteiger partial charge in [-0.15, -0.1) is 0 Å². The molecule has 0 atom stereocenters. The fourth-order valence-electron chi connectivity index (χ4n) is 0. The van der Waals surface area contributed by atoms with Crippen LogP contribution >= 0.6 is 0 Å². The smallest absolute Gasteiger partial charge is 0.450 e. The molecule has 0 unspecified atom stereocenters. The molecule has 0 bridgehead atoms. The van der Waals surface area contributed by atoms with Crippen LogP contribution in [0.25, 0.3) is 0 Å². The van der Waals surface area contributed by atoms with Crippen LogP contribution in [-0.2, 0) is 0 Å². The molecule has 5 heteroatoms. The van der Waals surface area contributed by atoms with Crippen LogP contribution in [-0.4, -0.2) is 64.2 Å². The molecular formula is CH2O3Sn2. The van der Waals surface area contributed by atoms with Crippen LogP contribution in [0.4, 0.5) is 4.79 Å². The van der Waals surface area contributed by atoms with E-state index in [0.717, 1.165) is 0 Å². The van der Waals surface area contributed by atoms with E-state index in [1.807, 2.05) is 0 Å². The van der Waals surface area contributed by atoms with E-state index in [1.54, 1.807) is 0 Å². The number of rotatable bonds is 0. The summed E-state index contributed by atoms with van der Waals surface area (Å²) < 4.78 is 0. The fourth-order valence-corrected chi connectivity index (χ4v) is 0. The minimum atomic E-state index is -1.83. The Hall–Kier alpha value is 0.867. The van der Waals surface area contributed by atoms with Crippen molar-refractivity contribution >= 4 is 54.0 Å². The Labute approximate surface area is 68.6 Å². The first kappa shape index (κ1) is 15.8. The molecule has 0 heterocycles. The average molecular weight is 299 g/mol. The van der Waals surface area contributed by atoms with E-state index in [9.17, 15) is 0 Å². The molecule has 0 aliphatic carbocycles. The molecular weight excluding hydrogens is 297 g/mol. The van der Waals surface area contributed by atoms with Crippen LogP contribution in [0, 0.1) is 0 Å². The summed E-state index contributed by atoms with van der Waals surface area (Å²) in [5.74, 6) is 0. The molecule has 0 aromatic heterocycles. The topological polar surface area (TPSA) is 57.5 Å². The van der Waals surface area contributed by atoms with Crippen molar-refractivity contribution in [2.75, 3.05) is 0 Å². The van der Waals surface area contributed by atoms with Crippen molar-refractivity contribution in [3.63, 3.8) is 0 Å². The second-order valence-electron chi connectivity index (χ2n) is 0.283. The predicted molar refractivity (Wildman–Crippen MR) is 22.2 cm³/mol. The molecule has 0 aliphatic heterocycles. The molecule has 6 heavy (non-hydrogen) atoms. The molecule has 0 saturated carbocycles. The van der Waals surface area contributed by atoms with Crippen molar-refractivity contribution in [3.8, 4) is 0 Å². The Bertz CT molecular complexity index is 31.8. The minimum absolute atomic E-state index is 0. The van der Waals surface area contributed by atoms with Gasteiger partial charge in [0, 0.05) is 47.8 Å². The van der Waals surface area contributed by atoms with Crippen LogP contribution in [0.15, 0.2) is 0 Å². The van der Waals surface area contributed by atoms with Crippen molar-refractivity contribution < 1.29 is 15.0 Å². The van der Waals surface area contributed by atoms with Gasteiger partial charge in [-0.05, 0) is 0 Å². The van der Waals surface area contributed by atoms with E-state index in [0.29, 0.717) is 0 Å². The van der Waals surface area contributed by atoms with Gasteiger partial charge in [0.05, 0.1) is 0 Å². The quantitative estimate of drug-likeness (QED) is 0.591. The number of carbonyl (C=O) groups is 1. The zero-order valence-corrected chi connectivity index (χ0v) is 8.51. The van der Waals surface area contributed by atoms with E-state index in [2.05, 4.69) is 0 Å². The maximum absolute atomic E-state index is 8.56. The van der Waals surface area contributed by atoms with E-state index in [1.165, 1.54) is 0 Å². The van der Waals surface area contributed by atoms with Gasteiger partial charge in [-0.25, -0.2) is 4.79 Å². The molecule has 8 radical (unpaired) electrons. The fraction of sp³-hybridized carbons (Fsp3) is 0. The zero-order chi connectivity index (χ0) is 3.58. The predicted octanol–water partition coefficient (Wildman–Crippen LogP) is -0.539. The van der Waals surface area contributed by atoms with Gasteiger partial charge in [-0.3, -0.25) is 0 Å². The Morgan fingerprint density at radius 1 is 1.17 bits per heavy atom. The SMILES string of the molecule is O=C(O)O.[Sn].[Sn]. The Morgan fingerprint density at radius 3 is 1.17 bits per heavy atom. The maximum atomic E-state index is 8.56. The summed E-state index contributed by atoms with van der Waals surface area (Å²) in [5.41, 5.74) is 0. The molecule has 0 spiro atoms. The summed E-state index contributed by atoms with van der Waals surface area (Å²) >= 11 is 0. The van der Waals surface area contributed by atoms with E-state index < -0.39 is 6.16 Å². The molecule has 0 amide bonds. The molecule has 0 fully saturated rings. The van der Waals surface area contributed by atoms with Gasteiger partial charge in [0.2, 0.25) is 0 Å². The van der Waals surface area contributed by atoms with Crippen molar-refractivity contribution in [1.29, 1.82) is 0 Å². The van der Waals surface area contributed by atoms with Crippen molar-refractivity contribution in [1.82, 2.24) is 0 Å². The molecule has 0 aliphatic rings. The summed E-state index contributed by atoms with van der Waals surface area (Å²) in [6, 6.07) is 0. The first-order valence-corrected chi connectivity index (χ1v) is 0.651. The number of hydrogen-bond donors (Lipinski definition) is 2. The first-order chi connectivity index (χ1) is 1.73. The zero-order valence-electron chi connectivity index (χ0n) is 2.80. The Balaban J connectivity index is -0.0000000450. The molecule has 0 saturated heterocycles. The molecule has 2 N–H and O–H groups in total. The van der Waals surface area contributed by atoms with Crippen molar-refractivity contribution in [2.45, 2.75) is 0 Å². The van der Waals surface area contributed by atoms with Crippen LogP contribution < -0.4 is 0 Å². The summed E-state index contributed by atoms with van der Waals surface area (Å²) in [7, 11) is 0. The largest absolute Gasteiger partial charge is 0.503 e. The monoisotopic (exact) mass is 302 g/mol. The van der Waals surface area contributed by atoms with E-state index in [-0.39, 0.29) is 47.8 Å². The molecule has 32 valence electrons. The third-order valence-electron chi connectivity index (χ3n) is 0. The van der Waals surface area contributed by atoms with Gasteiger partial charge in [-0.1, -0.05) is 0 Å². The average Bonchev–Trinajstić information content (AvgIpc) is 0.811. The van der Waals surface area contributed by atoms with Crippen LogP contribution in [0.2, 0.25) is 0 Å². The second-order valence-corrected chi connectivity index (χ2v) is 0.283. The second kappa shape index (κ2) is 9.29. The van der Waals surface area contributed by atoms with Crippen LogP contribution in [0.1, 0.15) is 0 Å². The third-order valence-corrected chi connectivity index (χ3v) is 0. The number of carboxylic acid groups (broad SMARTS) is 2. The van der Waals surface area contributed by atoms with E-state index >= 15 is 0 Å². The van der Waals surface area contributed by atoms with Crippen molar-refractivity contribution in [3.05, 3.63) is 0 Å². The van der Waals surface area contributed by atoms with Gasteiger partial charge in [0.1, 0.15) is 0 Å². The van der Waals surface area contributed by atoms with Gasteiger partial charge in [0.15, 0.2) is 0 Å². The van der Waals surface area contributed by atoms with Crippen LogP contribution in [0.3, 0.4) is 0 Å². The van der Waals surface area contributed by atoms with Gasteiger partial charge in [0.25, 0.3) is 0 Å². The summed E-state index contributed by atoms with van der Waals surface area (Å²) in [4.78, 5) is 8.56. The van der Waals surface area contributed by atoms with Crippen LogP contribution in [0.5, 0.6) is 0 Å². The third kappa shape index (κ3) is 96.8. The summed E-state index contributed by atoms with van der Waals surface area (Å²) in [6.07, 6.45) is -1.83. The summed E-state index contributed by atoms with van der Waals surface area (Å²) in [5, 5.41) is 13.9. The van der Waals surface area contributed by atoms with Crippen molar-refractivity contribution in [2.24, 2.45) is 0 Å². The standard InChI is InChI=1S/CH2O3.2Sn/c2-1(3)4;;/h(H2,2,3,4);;. The van der Waals surface area contributed by atoms with Gasteiger partial charge in [-0.2, -0.15) is 0 Å². The minimum Gasteiger partial charge on any atom is -0.450 e. The van der Waals surface area contributed by atoms with Gasteiger partial charge < -0.3 is 10.2 Å². The summed E-state index contributed by atoms with van der Waals surface area (Å²) in [6.45, 7) is 0. The maximum Gasteiger partial charge on any atom is 0.503 e. The first-order valence-electron chi connectivity index (χ1n) is 0.651. The van der Waals surface area contributed by atoms with Gasteiger partial charge >= 0.3 is 6.16 Å². The number of hydrogen-bond acceptors (Lipinski definition) is 1. The molecule has 3 nitrogen and oxygen atoms in total. The Kier molecular flexibility index (Phi) is 24.5.